The molecule has 0 radical (unpaired) electrons. The number of anilines is 1. The van der Waals surface area contributed by atoms with Gasteiger partial charge in [0.15, 0.2) is 0 Å². The van der Waals surface area contributed by atoms with Crippen LogP contribution < -0.4 is 14.4 Å². The van der Waals surface area contributed by atoms with Crippen LogP contribution in [0.15, 0.2) is 47.4 Å². The van der Waals surface area contributed by atoms with Crippen LogP contribution in [0.2, 0.25) is 0 Å². The normalized spacial score (nSPS) is 17.9. The summed E-state index contributed by atoms with van der Waals surface area (Å²) >= 11 is 0. The number of nitrogens with one attached hydrogen (secondary N) is 1. The number of sulfonamides is 1. The number of halogens is 3. The van der Waals surface area contributed by atoms with E-state index >= 15 is 0 Å². The van der Waals surface area contributed by atoms with Crippen molar-refractivity contribution in [1.29, 1.82) is 0 Å². The van der Waals surface area contributed by atoms with Crippen LogP contribution >= 0.6 is 0 Å². The lowest BCUT2D eigenvalue weighted by atomic mass is 10.1. The summed E-state index contributed by atoms with van der Waals surface area (Å²) in [5.41, 5.74) is -1.29. The minimum atomic E-state index is -4.73. The summed E-state index contributed by atoms with van der Waals surface area (Å²) in [4.78, 5) is 24.0. The minimum Gasteiger partial charge on any atom is -0.486 e. The molecule has 1 amide bonds. The van der Waals surface area contributed by atoms with Crippen molar-refractivity contribution in [3.63, 3.8) is 0 Å². The second-order valence-corrected chi connectivity index (χ2v) is 12.5. The lowest BCUT2D eigenvalue weighted by Gasteiger charge is -2.36. The van der Waals surface area contributed by atoms with Crippen molar-refractivity contribution in [2.45, 2.75) is 56.4 Å². The monoisotopic (exact) mass is 584 g/mol. The van der Waals surface area contributed by atoms with E-state index < -0.39 is 44.3 Å². The largest absolute Gasteiger partial charge is 0.486 e. The maximum absolute atomic E-state index is 13.7. The number of hydrogen-bond acceptors (Lipinski definition) is 7. The van der Waals surface area contributed by atoms with Crippen LogP contribution in [0.4, 0.5) is 18.9 Å². The third-order valence-corrected chi connectivity index (χ3v) is 8.02. The van der Waals surface area contributed by atoms with Crippen molar-refractivity contribution in [2.24, 2.45) is 5.92 Å². The van der Waals surface area contributed by atoms with E-state index in [1.165, 1.54) is 12.1 Å². The van der Waals surface area contributed by atoms with Crippen LogP contribution in [0.1, 0.15) is 38.3 Å². The molecule has 1 fully saturated rings. The Balaban J connectivity index is 1.62. The second kappa shape index (κ2) is 11.3. The van der Waals surface area contributed by atoms with Crippen molar-refractivity contribution in [2.75, 3.05) is 30.6 Å². The van der Waals surface area contributed by atoms with Gasteiger partial charge in [0.2, 0.25) is 5.91 Å². The van der Waals surface area contributed by atoms with Crippen molar-refractivity contribution >= 4 is 27.6 Å². The summed E-state index contributed by atoms with van der Waals surface area (Å²) in [5.74, 6) is -0.753. The maximum atomic E-state index is 13.7. The van der Waals surface area contributed by atoms with Crippen LogP contribution in [0.5, 0.6) is 5.75 Å². The van der Waals surface area contributed by atoms with Gasteiger partial charge in [0, 0.05) is 13.0 Å². The Hall–Kier alpha value is -3.32. The predicted molar refractivity (Wildman–Crippen MR) is 138 cm³/mol. The first kappa shape index (κ1) is 29.7. The van der Waals surface area contributed by atoms with E-state index in [9.17, 15) is 31.2 Å². The first-order chi connectivity index (χ1) is 18.6. The summed E-state index contributed by atoms with van der Waals surface area (Å²) in [7, 11) is -4.48. The van der Waals surface area contributed by atoms with E-state index in [2.05, 4.69) is 5.32 Å². The predicted octanol–water partition coefficient (Wildman–Crippen LogP) is 3.70. The Morgan fingerprint density at radius 2 is 1.82 bits per heavy atom. The fourth-order valence-corrected chi connectivity index (χ4v) is 5.78. The molecule has 0 spiro atoms. The Kier molecular flexibility index (Phi) is 8.36. The maximum Gasteiger partial charge on any atom is 0.416 e. The highest BCUT2D eigenvalue weighted by atomic mass is 32.2. The number of carbonyl (C=O) groups is 2. The van der Waals surface area contributed by atoms with Crippen LogP contribution in [-0.4, -0.2) is 58.3 Å². The van der Waals surface area contributed by atoms with Gasteiger partial charge >= 0.3 is 12.1 Å². The van der Waals surface area contributed by atoms with E-state index in [1.54, 1.807) is 26.8 Å². The van der Waals surface area contributed by atoms with Crippen LogP contribution in [0.3, 0.4) is 0 Å². The number of fused-ring (bicyclic) bond motifs is 1. The number of ether oxygens (including phenoxy) is 3. The molecule has 1 N–H and O–H groups in total. The molecule has 0 bridgehead atoms. The smallest absolute Gasteiger partial charge is 0.416 e. The quantitative estimate of drug-likeness (QED) is 0.471. The van der Waals surface area contributed by atoms with Crippen molar-refractivity contribution in [1.82, 2.24) is 5.32 Å². The van der Waals surface area contributed by atoms with Gasteiger partial charge in [0.05, 0.1) is 48.2 Å². The van der Waals surface area contributed by atoms with Crippen LogP contribution in [0, 0.1) is 5.92 Å². The molecule has 218 valence electrons. The standard InChI is InChI=1S/C27H31F3N2O7S/c1-26(2,3)39-24(33)12-17-7-8-23-22(11-17)32(14-20(38-23)9-10-31-25(34)18-15-37-16-18)40(35,36)21-6-4-5-19(13-21)27(28,29)30/h4-8,11,13,18,20H,9-10,12,14-16H2,1-3H3,(H,31,34)/t20-/m0/s1. The molecule has 2 heterocycles. The highest BCUT2D eigenvalue weighted by Gasteiger charge is 2.37. The van der Waals surface area contributed by atoms with E-state index in [4.69, 9.17) is 14.2 Å². The molecule has 0 aromatic heterocycles. The number of nitrogens with zero attached hydrogens (tertiary/aromatic N) is 1. The van der Waals surface area contributed by atoms with E-state index in [0.29, 0.717) is 24.8 Å². The molecule has 4 rings (SSSR count). The van der Waals surface area contributed by atoms with Crippen molar-refractivity contribution in [3.8, 4) is 5.75 Å². The fourth-order valence-electron chi connectivity index (χ4n) is 4.24. The molecule has 0 unspecified atom stereocenters. The zero-order valence-electron chi connectivity index (χ0n) is 22.3. The van der Waals surface area contributed by atoms with E-state index in [1.807, 2.05) is 0 Å². The van der Waals surface area contributed by atoms with Gasteiger partial charge in [-0.15, -0.1) is 0 Å². The summed E-state index contributed by atoms with van der Waals surface area (Å²) < 4.78 is 85.0. The number of esters is 1. The average molecular weight is 585 g/mol. The third-order valence-electron chi connectivity index (χ3n) is 6.25. The summed E-state index contributed by atoms with van der Waals surface area (Å²) in [6.07, 6.45) is -5.35. The van der Waals surface area contributed by atoms with Crippen molar-refractivity contribution < 1.29 is 45.4 Å². The van der Waals surface area contributed by atoms with Gasteiger partial charge in [-0.2, -0.15) is 13.2 Å². The van der Waals surface area contributed by atoms with Gasteiger partial charge in [-0.1, -0.05) is 12.1 Å². The molecular formula is C27H31F3N2O7S. The van der Waals surface area contributed by atoms with Gasteiger partial charge in [-0.05, 0) is 56.7 Å². The number of benzene rings is 2. The van der Waals surface area contributed by atoms with Crippen LogP contribution in [0.25, 0.3) is 0 Å². The van der Waals surface area contributed by atoms with Gasteiger partial charge < -0.3 is 19.5 Å². The second-order valence-electron chi connectivity index (χ2n) is 10.7. The zero-order valence-corrected chi connectivity index (χ0v) is 23.1. The molecule has 40 heavy (non-hydrogen) atoms. The topological polar surface area (TPSA) is 111 Å². The Labute approximate surface area is 230 Å². The number of rotatable bonds is 8. The molecule has 0 aliphatic carbocycles. The molecular weight excluding hydrogens is 553 g/mol. The van der Waals surface area contributed by atoms with Crippen molar-refractivity contribution in [3.05, 3.63) is 53.6 Å². The van der Waals surface area contributed by atoms with Crippen LogP contribution in [-0.2, 0) is 41.7 Å². The van der Waals surface area contributed by atoms with Gasteiger partial charge in [-0.25, -0.2) is 8.42 Å². The first-order valence-electron chi connectivity index (χ1n) is 12.7. The first-order valence-corrected chi connectivity index (χ1v) is 14.1. The Bertz CT molecular complexity index is 1370. The number of carbonyl (C=O) groups excluding carboxylic acids is 2. The lowest BCUT2D eigenvalue weighted by molar-refractivity contribution is -0.154. The summed E-state index contributed by atoms with van der Waals surface area (Å²) in [6, 6.07) is 8.08. The summed E-state index contributed by atoms with van der Waals surface area (Å²) in [6.45, 7) is 5.82. The molecule has 2 aromatic rings. The molecule has 1 atom stereocenters. The highest BCUT2D eigenvalue weighted by molar-refractivity contribution is 7.92. The SMILES string of the molecule is CC(C)(C)OC(=O)Cc1ccc2c(c1)N(S(=O)(=O)c1cccc(C(F)(F)F)c1)C[C@H](CCNC(=O)C1COC1)O2. The molecule has 2 aromatic carbocycles. The van der Waals surface area contributed by atoms with E-state index in [0.717, 1.165) is 22.5 Å². The third kappa shape index (κ3) is 7.05. The number of hydrogen-bond donors (Lipinski definition) is 1. The molecule has 2 aliphatic rings. The Morgan fingerprint density at radius 3 is 2.45 bits per heavy atom. The average Bonchev–Trinajstić information content (AvgIpc) is 2.81. The lowest BCUT2D eigenvalue weighted by Crippen LogP contribution is -2.46. The Morgan fingerprint density at radius 1 is 1.10 bits per heavy atom. The fraction of sp³-hybridized carbons (Fsp3) is 0.481. The minimum absolute atomic E-state index is 0.0883. The number of amides is 1. The van der Waals surface area contributed by atoms with Gasteiger partial charge in [0.1, 0.15) is 17.5 Å². The molecule has 1 saturated heterocycles. The molecule has 0 saturated carbocycles. The van der Waals surface area contributed by atoms with Gasteiger partial charge in [-0.3, -0.25) is 13.9 Å². The molecule has 2 aliphatic heterocycles. The van der Waals surface area contributed by atoms with Gasteiger partial charge in [0.25, 0.3) is 10.0 Å². The number of alkyl halides is 3. The van der Waals surface area contributed by atoms with E-state index in [-0.39, 0.29) is 49.2 Å². The molecule has 13 heteroatoms. The summed E-state index contributed by atoms with van der Waals surface area (Å²) in [5, 5.41) is 2.77. The zero-order chi connectivity index (χ0) is 29.3. The highest BCUT2D eigenvalue weighted by Crippen LogP contribution is 2.39. The molecule has 9 nitrogen and oxygen atoms in total.